The van der Waals surface area contributed by atoms with Crippen LogP contribution in [0.1, 0.15) is 11.8 Å². The van der Waals surface area contributed by atoms with Crippen LogP contribution in [0.25, 0.3) is 0 Å². The number of aliphatic hydroxyl groups excluding tert-OH is 1. The highest BCUT2D eigenvalue weighted by Crippen LogP contribution is 2.10. The molecule has 6 heteroatoms. The number of nitrogens with one attached hydrogen (secondary N) is 2. The number of amides is 2. The fraction of sp³-hybridized carbons (Fsp3) is 0.583. The van der Waals surface area contributed by atoms with Crippen LogP contribution in [-0.4, -0.2) is 43.5 Å². The molecule has 102 valence electrons. The maximum atomic E-state index is 11.5. The van der Waals surface area contributed by atoms with Crippen LogP contribution < -0.4 is 10.6 Å². The van der Waals surface area contributed by atoms with Gasteiger partial charge in [0.1, 0.15) is 0 Å². The zero-order valence-corrected chi connectivity index (χ0v) is 11.5. The van der Waals surface area contributed by atoms with Crippen molar-refractivity contribution in [2.75, 3.05) is 20.3 Å². The monoisotopic (exact) mass is 272 g/mol. The fourth-order valence-electron chi connectivity index (χ4n) is 1.52. The van der Waals surface area contributed by atoms with E-state index in [-0.39, 0.29) is 25.2 Å². The highest BCUT2D eigenvalue weighted by Gasteiger charge is 2.10. The molecule has 0 saturated carbocycles. The number of rotatable bonds is 7. The van der Waals surface area contributed by atoms with Gasteiger partial charge in [0.25, 0.3) is 0 Å². The fourth-order valence-corrected chi connectivity index (χ4v) is 2.35. The van der Waals surface area contributed by atoms with E-state index in [1.54, 1.807) is 11.3 Å². The quantitative estimate of drug-likeness (QED) is 0.693. The molecule has 0 fully saturated rings. The first-order valence-electron chi connectivity index (χ1n) is 5.85. The maximum absolute atomic E-state index is 11.5. The number of urea groups is 1. The summed E-state index contributed by atoms with van der Waals surface area (Å²) in [6.45, 7) is 2.35. The molecule has 0 aromatic carbocycles. The van der Waals surface area contributed by atoms with Crippen molar-refractivity contribution in [2.24, 2.45) is 0 Å². The first kappa shape index (κ1) is 14.9. The van der Waals surface area contributed by atoms with Crippen LogP contribution in [0.5, 0.6) is 0 Å². The molecule has 2 atom stereocenters. The summed E-state index contributed by atoms with van der Waals surface area (Å²) >= 11 is 1.67. The Morgan fingerprint density at radius 2 is 2.39 bits per heavy atom. The Labute approximate surface area is 111 Å². The molecule has 0 aliphatic carbocycles. The smallest absolute Gasteiger partial charge is 0.315 e. The third-order valence-electron chi connectivity index (χ3n) is 2.32. The van der Waals surface area contributed by atoms with Crippen LogP contribution in [-0.2, 0) is 11.2 Å². The van der Waals surface area contributed by atoms with Crippen molar-refractivity contribution in [2.45, 2.75) is 25.5 Å². The standard InChI is InChI=1S/C12H20N2O3S/c1-9(6-11-4-3-5-18-11)14-12(16)13-7-10(15)8-17-2/h3-5,9-10,15H,6-8H2,1-2H3,(H2,13,14,16). The van der Waals surface area contributed by atoms with Gasteiger partial charge in [-0.15, -0.1) is 11.3 Å². The van der Waals surface area contributed by atoms with Gasteiger partial charge in [0.05, 0.1) is 12.7 Å². The number of hydrogen-bond acceptors (Lipinski definition) is 4. The van der Waals surface area contributed by atoms with Gasteiger partial charge in [0.15, 0.2) is 0 Å². The maximum Gasteiger partial charge on any atom is 0.315 e. The van der Waals surface area contributed by atoms with Gasteiger partial charge >= 0.3 is 6.03 Å². The normalized spacial score (nSPS) is 13.9. The van der Waals surface area contributed by atoms with E-state index in [9.17, 15) is 9.90 Å². The van der Waals surface area contributed by atoms with Gasteiger partial charge in [-0.3, -0.25) is 0 Å². The van der Waals surface area contributed by atoms with Gasteiger partial charge in [-0.2, -0.15) is 0 Å². The molecular weight excluding hydrogens is 252 g/mol. The van der Waals surface area contributed by atoms with Crippen LogP contribution in [0.15, 0.2) is 17.5 Å². The molecule has 1 rings (SSSR count). The molecule has 0 bridgehead atoms. The van der Waals surface area contributed by atoms with E-state index in [1.165, 1.54) is 12.0 Å². The molecule has 5 nitrogen and oxygen atoms in total. The van der Waals surface area contributed by atoms with E-state index in [0.29, 0.717) is 0 Å². The van der Waals surface area contributed by atoms with Crippen LogP contribution >= 0.6 is 11.3 Å². The molecule has 3 N–H and O–H groups in total. The Kier molecular flexibility index (Phi) is 6.70. The van der Waals surface area contributed by atoms with Crippen molar-refractivity contribution < 1.29 is 14.6 Å². The number of hydrogen-bond donors (Lipinski definition) is 3. The van der Waals surface area contributed by atoms with E-state index in [1.807, 2.05) is 24.4 Å². The molecule has 2 unspecified atom stereocenters. The number of carbonyl (C=O) groups excluding carboxylic acids is 1. The number of aliphatic hydroxyl groups is 1. The van der Waals surface area contributed by atoms with Gasteiger partial charge in [0, 0.05) is 31.0 Å². The largest absolute Gasteiger partial charge is 0.389 e. The van der Waals surface area contributed by atoms with Crippen LogP contribution in [0.3, 0.4) is 0 Å². The minimum Gasteiger partial charge on any atom is -0.389 e. The summed E-state index contributed by atoms with van der Waals surface area (Å²) in [4.78, 5) is 12.8. The van der Waals surface area contributed by atoms with Gasteiger partial charge in [0.2, 0.25) is 0 Å². The molecule has 1 heterocycles. The van der Waals surface area contributed by atoms with E-state index < -0.39 is 6.10 Å². The summed E-state index contributed by atoms with van der Waals surface area (Å²) in [6, 6.07) is 3.83. The first-order valence-corrected chi connectivity index (χ1v) is 6.73. The van der Waals surface area contributed by atoms with Gasteiger partial charge < -0.3 is 20.5 Å². The Bertz CT molecular complexity index is 343. The van der Waals surface area contributed by atoms with Gasteiger partial charge in [-0.05, 0) is 18.4 Å². The predicted molar refractivity (Wildman–Crippen MR) is 71.9 cm³/mol. The topological polar surface area (TPSA) is 70.6 Å². The Balaban J connectivity index is 2.19. The third-order valence-corrected chi connectivity index (χ3v) is 3.22. The third kappa shape index (κ3) is 6.00. The van der Waals surface area contributed by atoms with Crippen molar-refractivity contribution in [3.8, 4) is 0 Å². The van der Waals surface area contributed by atoms with Gasteiger partial charge in [-0.25, -0.2) is 4.79 Å². The molecule has 0 radical (unpaired) electrons. The predicted octanol–water partition coefficient (Wildman–Crippen LogP) is 0.986. The molecule has 18 heavy (non-hydrogen) atoms. The van der Waals surface area contributed by atoms with E-state index >= 15 is 0 Å². The second-order valence-electron chi connectivity index (χ2n) is 4.15. The summed E-state index contributed by atoms with van der Waals surface area (Å²) < 4.78 is 4.77. The second-order valence-corrected chi connectivity index (χ2v) is 5.18. The lowest BCUT2D eigenvalue weighted by Crippen LogP contribution is -2.44. The molecular formula is C12H20N2O3S. The summed E-state index contributed by atoms with van der Waals surface area (Å²) in [5.74, 6) is 0. The highest BCUT2D eigenvalue weighted by molar-refractivity contribution is 7.09. The van der Waals surface area contributed by atoms with Crippen molar-refractivity contribution in [1.29, 1.82) is 0 Å². The highest BCUT2D eigenvalue weighted by atomic mass is 32.1. The van der Waals surface area contributed by atoms with Crippen LogP contribution in [0.2, 0.25) is 0 Å². The molecule has 0 aliphatic rings. The molecule has 0 saturated heterocycles. The lowest BCUT2D eigenvalue weighted by atomic mass is 10.2. The van der Waals surface area contributed by atoms with E-state index in [2.05, 4.69) is 10.6 Å². The average molecular weight is 272 g/mol. The summed E-state index contributed by atoms with van der Waals surface area (Å²) in [5.41, 5.74) is 0. The minimum absolute atomic E-state index is 0.0585. The SMILES string of the molecule is COCC(O)CNC(=O)NC(C)Cc1cccs1. The summed E-state index contributed by atoms with van der Waals surface area (Å²) in [6.07, 6.45) is 0.138. The van der Waals surface area contributed by atoms with Crippen molar-refractivity contribution in [1.82, 2.24) is 10.6 Å². The zero-order valence-electron chi connectivity index (χ0n) is 10.7. The van der Waals surface area contributed by atoms with Crippen molar-refractivity contribution in [3.05, 3.63) is 22.4 Å². The number of methoxy groups -OCH3 is 1. The summed E-state index contributed by atoms with van der Waals surface area (Å²) in [7, 11) is 1.51. The number of carbonyl (C=O) groups is 1. The minimum atomic E-state index is -0.673. The van der Waals surface area contributed by atoms with Crippen LogP contribution in [0, 0.1) is 0 Å². The Hall–Kier alpha value is -1.11. The Morgan fingerprint density at radius 3 is 3.00 bits per heavy atom. The lowest BCUT2D eigenvalue weighted by molar-refractivity contribution is 0.0659. The van der Waals surface area contributed by atoms with Crippen molar-refractivity contribution in [3.63, 3.8) is 0 Å². The lowest BCUT2D eigenvalue weighted by Gasteiger charge is -2.15. The second kappa shape index (κ2) is 8.07. The number of thiophene rings is 1. The molecule has 1 aromatic heterocycles. The van der Waals surface area contributed by atoms with E-state index in [4.69, 9.17) is 4.74 Å². The zero-order chi connectivity index (χ0) is 13.4. The Morgan fingerprint density at radius 1 is 1.61 bits per heavy atom. The van der Waals surface area contributed by atoms with Crippen LogP contribution in [0.4, 0.5) is 4.79 Å². The molecule has 0 spiro atoms. The number of ether oxygens (including phenoxy) is 1. The molecule has 2 amide bonds. The first-order chi connectivity index (χ1) is 8.61. The van der Waals surface area contributed by atoms with Gasteiger partial charge in [-0.1, -0.05) is 6.07 Å². The molecule has 1 aromatic rings. The average Bonchev–Trinajstić information content (AvgIpc) is 2.79. The summed E-state index contributed by atoms with van der Waals surface area (Å²) in [5, 5.41) is 16.8. The van der Waals surface area contributed by atoms with Crippen molar-refractivity contribution >= 4 is 17.4 Å². The van der Waals surface area contributed by atoms with E-state index in [0.717, 1.165) is 6.42 Å². The molecule has 0 aliphatic heterocycles.